The molecule has 1 N–H and O–H groups in total. The molecular formula is C11H17F2N. The highest BCUT2D eigenvalue weighted by molar-refractivity contribution is 5.01. The van der Waals surface area contributed by atoms with Crippen LogP contribution in [0.3, 0.4) is 0 Å². The highest BCUT2D eigenvalue weighted by atomic mass is 19.3. The minimum atomic E-state index is -2.11. The van der Waals surface area contributed by atoms with E-state index in [4.69, 9.17) is 0 Å². The van der Waals surface area contributed by atoms with E-state index in [9.17, 15) is 8.78 Å². The van der Waals surface area contributed by atoms with E-state index in [1.807, 2.05) is 0 Å². The standard InChI is InChI=1S/C11H17F2N/c12-11(13)8-5-10(8)14-9-4-6-1-2-7(9)3-6/h6-11,14H,1-5H2/t6?,7?,8-,9?,10-/m0/s1. The number of alkyl halides is 2. The number of rotatable bonds is 3. The van der Waals surface area contributed by atoms with Gasteiger partial charge in [0, 0.05) is 18.0 Å². The van der Waals surface area contributed by atoms with Gasteiger partial charge in [-0.15, -0.1) is 0 Å². The number of nitrogens with one attached hydrogen (secondary N) is 1. The largest absolute Gasteiger partial charge is 0.310 e. The monoisotopic (exact) mass is 201 g/mol. The van der Waals surface area contributed by atoms with Crippen LogP contribution in [0.2, 0.25) is 0 Å². The molecule has 3 heteroatoms. The average molecular weight is 201 g/mol. The zero-order valence-electron chi connectivity index (χ0n) is 8.26. The van der Waals surface area contributed by atoms with E-state index in [0.29, 0.717) is 12.5 Å². The summed E-state index contributed by atoms with van der Waals surface area (Å²) in [6.07, 6.45) is 3.90. The first-order valence-corrected chi connectivity index (χ1v) is 5.78. The lowest BCUT2D eigenvalue weighted by Gasteiger charge is -2.23. The van der Waals surface area contributed by atoms with Crippen LogP contribution in [0.5, 0.6) is 0 Å². The van der Waals surface area contributed by atoms with Crippen molar-refractivity contribution < 1.29 is 8.78 Å². The van der Waals surface area contributed by atoms with E-state index < -0.39 is 6.43 Å². The summed E-state index contributed by atoms with van der Waals surface area (Å²) in [6, 6.07) is 0.710. The average Bonchev–Trinajstić information content (AvgIpc) is 2.62. The normalized spacial score (nSPS) is 50.4. The fraction of sp³-hybridized carbons (Fsp3) is 1.00. The predicted octanol–water partition coefficient (Wildman–Crippen LogP) is 2.42. The van der Waals surface area contributed by atoms with Gasteiger partial charge in [-0.25, -0.2) is 8.78 Å². The molecule has 14 heavy (non-hydrogen) atoms. The maximum Gasteiger partial charge on any atom is 0.242 e. The van der Waals surface area contributed by atoms with Crippen molar-refractivity contribution in [2.45, 2.75) is 50.6 Å². The van der Waals surface area contributed by atoms with E-state index in [1.54, 1.807) is 0 Å². The van der Waals surface area contributed by atoms with Crippen molar-refractivity contribution in [3.05, 3.63) is 0 Å². The minimum absolute atomic E-state index is 0.138. The Hall–Kier alpha value is -0.180. The Morgan fingerprint density at radius 1 is 1.00 bits per heavy atom. The van der Waals surface area contributed by atoms with E-state index >= 15 is 0 Å². The second kappa shape index (κ2) is 3.16. The van der Waals surface area contributed by atoms with Crippen molar-refractivity contribution in [3.8, 4) is 0 Å². The van der Waals surface area contributed by atoms with Gasteiger partial charge in [-0.3, -0.25) is 0 Å². The molecule has 0 saturated heterocycles. The summed E-state index contributed by atoms with van der Waals surface area (Å²) < 4.78 is 24.6. The third-order valence-electron chi connectivity index (χ3n) is 4.33. The topological polar surface area (TPSA) is 12.0 Å². The molecule has 5 atom stereocenters. The fourth-order valence-electron chi connectivity index (χ4n) is 3.41. The molecule has 1 nitrogen and oxygen atoms in total. The third kappa shape index (κ3) is 1.46. The van der Waals surface area contributed by atoms with Crippen LogP contribution in [-0.4, -0.2) is 18.5 Å². The maximum absolute atomic E-state index is 12.3. The fourth-order valence-corrected chi connectivity index (χ4v) is 3.41. The van der Waals surface area contributed by atoms with E-state index in [2.05, 4.69) is 5.32 Å². The van der Waals surface area contributed by atoms with E-state index in [-0.39, 0.29) is 12.0 Å². The molecule has 0 aromatic rings. The molecule has 2 bridgehead atoms. The summed E-state index contributed by atoms with van der Waals surface area (Å²) in [7, 11) is 0. The van der Waals surface area contributed by atoms with Gasteiger partial charge in [0.2, 0.25) is 6.43 Å². The molecule has 3 rings (SSSR count). The smallest absolute Gasteiger partial charge is 0.242 e. The van der Waals surface area contributed by atoms with Crippen LogP contribution >= 0.6 is 0 Å². The zero-order valence-corrected chi connectivity index (χ0v) is 8.26. The van der Waals surface area contributed by atoms with Gasteiger partial charge < -0.3 is 5.32 Å². The molecule has 0 aromatic heterocycles. The quantitative estimate of drug-likeness (QED) is 0.739. The molecule has 3 aliphatic carbocycles. The van der Waals surface area contributed by atoms with Crippen LogP contribution in [0, 0.1) is 17.8 Å². The summed E-state index contributed by atoms with van der Waals surface area (Å²) in [4.78, 5) is 0. The molecular weight excluding hydrogens is 184 g/mol. The first-order valence-electron chi connectivity index (χ1n) is 5.78. The first kappa shape index (κ1) is 9.08. The number of hydrogen-bond donors (Lipinski definition) is 1. The van der Waals surface area contributed by atoms with Crippen LogP contribution in [0.25, 0.3) is 0 Å². The molecule has 0 aromatic carbocycles. The van der Waals surface area contributed by atoms with Crippen LogP contribution < -0.4 is 5.32 Å². The number of hydrogen-bond acceptors (Lipinski definition) is 1. The van der Waals surface area contributed by atoms with E-state index in [1.165, 1.54) is 25.7 Å². The summed E-state index contributed by atoms with van der Waals surface area (Å²) in [5, 5.41) is 3.44. The Kier molecular flexibility index (Phi) is 2.05. The van der Waals surface area contributed by atoms with Crippen molar-refractivity contribution in [3.63, 3.8) is 0 Å². The van der Waals surface area contributed by atoms with Crippen molar-refractivity contribution in [1.82, 2.24) is 5.32 Å². The Morgan fingerprint density at radius 2 is 1.86 bits per heavy atom. The van der Waals surface area contributed by atoms with Gasteiger partial charge in [0.15, 0.2) is 0 Å². The molecule has 3 aliphatic rings. The zero-order chi connectivity index (χ0) is 9.71. The Bertz CT molecular complexity index is 231. The molecule has 80 valence electrons. The summed E-state index contributed by atoms with van der Waals surface area (Å²) in [5.41, 5.74) is 0. The molecule has 0 amide bonds. The lowest BCUT2D eigenvalue weighted by Crippen LogP contribution is -2.36. The third-order valence-corrected chi connectivity index (χ3v) is 4.33. The van der Waals surface area contributed by atoms with Crippen LogP contribution in [0.1, 0.15) is 32.1 Å². The van der Waals surface area contributed by atoms with Gasteiger partial charge >= 0.3 is 0 Å². The molecule has 0 heterocycles. The van der Waals surface area contributed by atoms with Crippen molar-refractivity contribution in [2.24, 2.45) is 17.8 Å². The van der Waals surface area contributed by atoms with Crippen molar-refractivity contribution in [2.75, 3.05) is 0 Å². The second-order valence-electron chi connectivity index (χ2n) is 5.29. The van der Waals surface area contributed by atoms with Gasteiger partial charge in [-0.05, 0) is 37.5 Å². The SMILES string of the molecule is FC(F)[C@H]1C[C@@H]1NC1CC2CCC1C2. The lowest BCUT2D eigenvalue weighted by molar-refractivity contribution is 0.117. The molecule has 0 aliphatic heterocycles. The Balaban J connectivity index is 1.50. The number of halogens is 2. The summed E-state index contributed by atoms with van der Waals surface area (Å²) >= 11 is 0. The highest BCUT2D eigenvalue weighted by Crippen LogP contribution is 2.46. The van der Waals surface area contributed by atoms with Crippen molar-refractivity contribution in [1.29, 1.82) is 0 Å². The predicted molar refractivity (Wildman–Crippen MR) is 50.3 cm³/mol. The van der Waals surface area contributed by atoms with Gasteiger partial charge in [0.05, 0.1) is 0 Å². The minimum Gasteiger partial charge on any atom is -0.310 e. The second-order valence-corrected chi connectivity index (χ2v) is 5.29. The van der Waals surface area contributed by atoms with Crippen LogP contribution in [0.4, 0.5) is 8.78 Å². The van der Waals surface area contributed by atoms with E-state index in [0.717, 1.165) is 11.8 Å². The molecule has 3 saturated carbocycles. The lowest BCUT2D eigenvalue weighted by atomic mass is 9.95. The summed E-state index contributed by atoms with van der Waals surface area (Å²) in [5.74, 6) is 1.37. The van der Waals surface area contributed by atoms with Gasteiger partial charge in [0.1, 0.15) is 0 Å². The van der Waals surface area contributed by atoms with Gasteiger partial charge in [-0.2, -0.15) is 0 Å². The molecule has 3 fully saturated rings. The maximum atomic E-state index is 12.3. The highest BCUT2D eigenvalue weighted by Gasteiger charge is 2.48. The molecule has 0 spiro atoms. The first-order chi connectivity index (χ1) is 6.74. The Labute approximate surface area is 83.3 Å². The van der Waals surface area contributed by atoms with Gasteiger partial charge in [0.25, 0.3) is 0 Å². The van der Waals surface area contributed by atoms with Crippen LogP contribution in [-0.2, 0) is 0 Å². The van der Waals surface area contributed by atoms with Crippen molar-refractivity contribution >= 4 is 0 Å². The summed E-state index contributed by atoms with van der Waals surface area (Å²) in [6.45, 7) is 0. The molecule has 3 unspecified atom stereocenters. The number of fused-ring (bicyclic) bond motifs is 2. The van der Waals surface area contributed by atoms with Crippen LogP contribution in [0.15, 0.2) is 0 Å². The molecule has 0 radical (unpaired) electrons. The Morgan fingerprint density at radius 3 is 2.36 bits per heavy atom. The van der Waals surface area contributed by atoms with Gasteiger partial charge in [-0.1, -0.05) is 6.42 Å².